The van der Waals surface area contributed by atoms with Crippen LogP contribution in [0.25, 0.3) is 0 Å². The predicted octanol–water partition coefficient (Wildman–Crippen LogP) is 12.7. The van der Waals surface area contributed by atoms with Gasteiger partial charge in [0.05, 0.1) is 39.6 Å². The number of hydrogen-bond acceptors (Lipinski definition) is 16. The van der Waals surface area contributed by atoms with Gasteiger partial charge in [0.1, 0.15) is 26.4 Å². The maximum absolute atomic E-state index is 11.6. The number of esters is 2. The van der Waals surface area contributed by atoms with E-state index in [-0.39, 0.29) is 75.9 Å². The minimum Gasteiger partial charge on any atom is -0.460 e. The molecule has 0 heterocycles. The van der Waals surface area contributed by atoms with Crippen molar-refractivity contribution in [1.82, 2.24) is 5.32 Å². The normalized spacial score (nSPS) is 11.4. The summed E-state index contributed by atoms with van der Waals surface area (Å²) in [6, 6.07) is 4.48. The Balaban J connectivity index is -0.000000189. The molecule has 73 heavy (non-hydrogen) atoms. The van der Waals surface area contributed by atoms with Crippen molar-refractivity contribution in [3.63, 3.8) is 0 Å². The number of nitriles is 1. The highest BCUT2D eigenvalue weighted by atomic mass is 28.5. The Labute approximate surface area is 454 Å². The average molecular weight is 1150 g/mol. The lowest BCUT2D eigenvalue weighted by Gasteiger charge is -2.39. The largest absolute Gasteiger partial charge is 0.460 e. The molecule has 0 bridgehead atoms. The van der Waals surface area contributed by atoms with Crippen LogP contribution in [0.1, 0.15) is 95.9 Å². The van der Waals surface area contributed by atoms with Crippen molar-refractivity contribution in [2.75, 3.05) is 79.2 Å². The molecule has 0 fully saturated rings. The number of aliphatic hydroxyl groups is 1. The first-order valence-corrected chi connectivity index (χ1v) is 42.7. The molecule has 0 saturated heterocycles. The lowest BCUT2D eigenvalue weighted by molar-refractivity contribution is -0.140. The summed E-state index contributed by atoms with van der Waals surface area (Å²) in [5.41, 5.74) is 0.678. The Morgan fingerprint density at radius 3 is 1.18 bits per heavy atom. The maximum atomic E-state index is 11.6. The van der Waals surface area contributed by atoms with Crippen LogP contribution in [0.2, 0.25) is 103 Å². The van der Waals surface area contributed by atoms with Gasteiger partial charge in [0.25, 0.3) is 6.26 Å². The molecule has 0 spiro atoms. The third kappa shape index (κ3) is 57.5. The SMILES string of the molecule is C.C.C.C.C=C(C)C(=O)OCCNC(=O)OCCOCCC[Si](C)(C)O[Si](C)(C)O[Si](C)(C)CCCC.C=C(C)C(=O)OCCOCCOC#N.CCCC[Si](C)(C)O[Si](C)(C)O[Si](C)(C)CCCOCCO. The van der Waals surface area contributed by atoms with E-state index in [0.29, 0.717) is 44.2 Å². The molecule has 0 atom stereocenters. The molecule has 1 amide bonds. The Morgan fingerprint density at radius 1 is 0.493 bits per heavy atom. The maximum Gasteiger partial charge on any atom is 0.407 e. The van der Waals surface area contributed by atoms with Gasteiger partial charge >= 0.3 is 35.2 Å². The number of carbonyl (C=O) groups is 3. The minimum atomic E-state index is -2.16. The highest BCUT2D eigenvalue weighted by molar-refractivity contribution is 6.88. The van der Waals surface area contributed by atoms with Gasteiger partial charge in [0, 0.05) is 24.4 Å². The molecule has 2 N–H and O–H groups in total. The molecule has 0 unspecified atom stereocenters. The Morgan fingerprint density at radius 2 is 0.822 bits per heavy atom. The van der Waals surface area contributed by atoms with Crippen molar-refractivity contribution >= 4 is 68.4 Å². The summed E-state index contributed by atoms with van der Waals surface area (Å²) < 4.78 is 61.2. The third-order valence-corrected chi connectivity index (χ3v) is 32.3. The van der Waals surface area contributed by atoms with Crippen LogP contribution in [0, 0.1) is 11.5 Å². The Kier molecular flexibility index (Phi) is 54.9. The number of hydrogen-bond donors (Lipinski definition) is 2. The lowest BCUT2D eigenvalue weighted by atomic mass is 10.4. The molecule has 0 rings (SSSR count). The number of nitrogens with zero attached hydrogens (tertiary/aromatic N) is 1. The quantitative estimate of drug-likeness (QED) is 0.0147. The van der Waals surface area contributed by atoms with E-state index in [1.807, 2.05) is 0 Å². The summed E-state index contributed by atoms with van der Waals surface area (Å²) in [4.78, 5) is 33.6. The van der Waals surface area contributed by atoms with Crippen LogP contribution in [0.4, 0.5) is 4.79 Å². The zero-order chi connectivity index (χ0) is 53.6. The first-order chi connectivity index (χ1) is 31.9. The molecule has 17 nitrogen and oxygen atoms in total. The first-order valence-electron chi connectivity index (χ1n) is 24.6. The van der Waals surface area contributed by atoms with Gasteiger partial charge in [0.2, 0.25) is 0 Å². The van der Waals surface area contributed by atoms with E-state index in [4.69, 9.17) is 55.3 Å². The molecule has 0 saturated carbocycles. The van der Waals surface area contributed by atoms with Gasteiger partial charge in [-0.25, -0.2) is 14.4 Å². The molecule has 0 aromatic carbocycles. The van der Waals surface area contributed by atoms with Crippen LogP contribution in [0.5, 0.6) is 0 Å². The van der Waals surface area contributed by atoms with E-state index in [2.05, 4.69) is 116 Å². The summed E-state index contributed by atoms with van der Waals surface area (Å²) in [6.07, 6.45) is 7.76. The first kappa shape index (κ1) is 84.9. The monoisotopic (exact) mass is 1150 g/mol. The van der Waals surface area contributed by atoms with Gasteiger partial charge in [-0.05, 0) is 129 Å². The van der Waals surface area contributed by atoms with E-state index in [9.17, 15) is 14.4 Å². The molecule has 0 aromatic heterocycles. The highest BCUT2D eigenvalue weighted by Crippen LogP contribution is 2.28. The predicted molar refractivity (Wildman–Crippen MR) is 316 cm³/mol. The highest BCUT2D eigenvalue weighted by Gasteiger charge is 2.40. The van der Waals surface area contributed by atoms with Gasteiger partial charge in [-0.2, -0.15) is 5.26 Å². The second-order valence-corrected chi connectivity index (χ2v) is 45.0. The van der Waals surface area contributed by atoms with Crippen LogP contribution in [-0.2, 0) is 59.2 Å². The van der Waals surface area contributed by atoms with E-state index >= 15 is 0 Å². The van der Waals surface area contributed by atoms with Crippen LogP contribution in [-0.4, -0.2) is 153 Å². The smallest absolute Gasteiger partial charge is 0.407 e. The van der Waals surface area contributed by atoms with Gasteiger partial charge in [0.15, 0.2) is 33.3 Å². The van der Waals surface area contributed by atoms with Crippen molar-refractivity contribution in [2.45, 2.75) is 199 Å². The summed E-state index contributed by atoms with van der Waals surface area (Å²) in [5, 5.41) is 19.2. The van der Waals surface area contributed by atoms with E-state index in [1.165, 1.54) is 44.0 Å². The molecule has 0 aliphatic rings. The number of rotatable bonds is 38. The standard InChI is InChI=1S/C22H47NO7Si3.C15H38O4Si3.C9H13NO4.4CH4/c1-10-11-18-31(4,5)29-33(8,9)30-32(6,7)19-12-14-26-16-17-28-22(25)23-13-15-27-21(24)20(2)3;1-8-9-14-20(2,3)18-22(6,7)19-21(4,5)15-10-12-17-13-11-16;1-8(2)9(11)14-6-5-12-3-4-13-7-10;;;;/h2,10-19H2,1,3-9H3,(H,23,25);16H,8-15H2,1-7H3;1,3-6H2,2H3;4*1H4. The second kappa shape index (κ2) is 47.2. The molecule has 0 radical (unpaired) electrons. The third-order valence-electron chi connectivity index (χ3n) is 9.34. The van der Waals surface area contributed by atoms with Gasteiger partial charge in [-0.3, -0.25) is 0 Å². The van der Waals surface area contributed by atoms with Crippen LogP contribution < -0.4 is 5.32 Å². The molecular formula is C50H114N2O15Si6. The molecule has 438 valence electrons. The number of carbonyl (C=O) groups excluding carboxylic acids is 3. The number of alkyl carbamates (subject to hydrolysis) is 1. The summed E-state index contributed by atoms with van der Waals surface area (Å²) in [7, 11) is -11.1. The number of nitrogens with one attached hydrogen (secondary N) is 1. The van der Waals surface area contributed by atoms with Gasteiger partial charge in [-0.15, -0.1) is 0 Å². The number of unbranched alkanes of at least 4 members (excludes halogenated alkanes) is 2. The molecular weight excluding hydrogens is 1040 g/mol. The van der Waals surface area contributed by atoms with Crippen molar-refractivity contribution in [3.8, 4) is 6.26 Å². The number of amides is 1. The van der Waals surface area contributed by atoms with Gasteiger partial charge < -0.3 is 60.0 Å². The second-order valence-electron chi connectivity index (χ2n) is 20.1. The molecule has 0 aliphatic heterocycles. The lowest BCUT2D eigenvalue weighted by Crippen LogP contribution is -2.52. The van der Waals surface area contributed by atoms with E-state index in [1.54, 1.807) is 13.8 Å². The molecule has 0 aromatic rings. The Bertz CT molecular complexity index is 1470. The zero-order valence-corrected chi connectivity index (χ0v) is 52.1. The van der Waals surface area contributed by atoms with Crippen LogP contribution >= 0.6 is 0 Å². The Hall–Kier alpha value is -2.04. The van der Waals surface area contributed by atoms with E-state index < -0.39 is 68.4 Å². The molecule has 0 aliphatic carbocycles. The fraction of sp³-hybridized carbons (Fsp3) is 0.840. The summed E-state index contributed by atoms with van der Waals surface area (Å²) in [6.45, 7) is 45.1. The fourth-order valence-corrected chi connectivity index (χ4v) is 35.2. The zero-order valence-electron chi connectivity index (χ0n) is 46.1. The number of aliphatic hydroxyl groups excluding tert-OH is 1. The van der Waals surface area contributed by atoms with Crippen molar-refractivity contribution in [3.05, 3.63) is 24.3 Å². The minimum absolute atomic E-state index is 0. The van der Waals surface area contributed by atoms with Crippen LogP contribution in [0.15, 0.2) is 24.3 Å². The topological polar surface area (TPSA) is 209 Å². The number of ether oxygens (including phenoxy) is 7. The molecule has 23 heteroatoms. The van der Waals surface area contributed by atoms with E-state index in [0.717, 1.165) is 24.9 Å². The summed E-state index contributed by atoms with van der Waals surface area (Å²) >= 11 is 0. The van der Waals surface area contributed by atoms with Crippen molar-refractivity contribution in [1.29, 1.82) is 5.26 Å². The van der Waals surface area contributed by atoms with Crippen LogP contribution in [0.3, 0.4) is 0 Å². The van der Waals surface area contributed by atoms with Gasteiger partial charge in [-0.1, -0.05) is 82.4 Å². The average Bonchev–Trinajstić information content (AvgIpc) is 3.21. The summed E-state index contributed by atoms with van der Waals surface area (Å²) in [5.74, 6) is -0.909. The van der Waals surface area contributed by atoms with Crippen molar-refractivity contribution in [2.24, 2.45) is 0 Å². The fourth-order valence-electron chi connectivity index (χ4n) is 6.81. The van der Waals surface area contributed by atoms with Crippen molar-refractivity contribution < 1.29 is 69.1 Å².